The van der Waals surface area contributed by atoms with Crippen LogP contribution in [-0.4, -0.2) is 58.5 Å². The van der Waals surface area contributed by atoms with Crippen molar-refractivity contribution >= 4 is 11.8 Å². The minimum Gasteiger partial charge on any atom is -0.380 e. The SMILES string of the molecule is Cc1ccc(-c2ccc(C(=O)N3CCN(C(=O)C4(O)CC4)CC3)cc2)c(C#N)c1. The first-order valence-corrected chi connectivity index (χ1v) is 9.83. The maximum atomic E-state index is 12.8. The van der Waals surface area contributed by atoms with Crippen LogP contribution in [0.1, 0.15) is 34.3 Å². The van der Waals surface area contributed by atoms with Crippen molar-refractivity contribution in [1.82, 2.24) is 9.80 Å². The Morgan fingerprint density at radius 1 is 1.00 bits per heavy atom. The van der Waals surface area contributed by atoms with Gasteiger partial charge in [-0.3, -0.25) is 9.59 Å². The Bertz CT molecular complexity index is 995. The fourth-order valence-corrected chi connectivity index (χ4v) is 3.72. The van der Waals surface area contributed by atoms with Crippen molar-refractivity contribution in [2.75, 3.05) is 26.2 Å². The topological polar surface area (TPSA) is 84.6 Å². The highest BCUT2D eigenvalue weighted by molar-refractivity contribution is 5.95. The van der Waals surface area contributed by atoms with E-state index in [2.05, 4.69) is 6.07 Å². The molecule has 0 aromatic heterocycles. The summed E-state index contributed by atoms with van der Waals surface area (Å²) in [5.74, 6) is -0.279. The van der Waals surface area contributed by atoms with Crippen LogP contribution in [0, 0.1) is 18.3 Å². The van der Waals surface area contributed by atoms with Gasteiger partial charge in [-0.15, -0.1) is 0 Å². The van der Waals surface area contributed by atoms with Crippen molar-refractivity contribution in [3.05, 3.63) is 59.2 Å². The third-order valence-electron chi connectivity index (χ3n) is 5.71. The first-order valence-electron chi connectivity index (χ1n) is 9.83. The molecule has 0 unspecified atom stereocenters. The standard InChI is InChI=1S/C23H23N3O3/c1-16-2-7-20(19(14-16)15-24)17-3-5-18(6-4-17)21(27)25-10-12-26(13-11-25)22(28)23(29)8-9-23/h2-7,14,29H,8-13H2,1H3. The molecule has 1 saturated heterocycles. The normalized spacial score (nSPS) is 17.6. The zero-order valence-electron chi connectivity index (χ0n) is 16.4. The van der Waals surface area contributed by atoms with Crippen LogP contribution in [-0.2, 0) is 4.79 Å². The van der Waals surface area contributed by atoms with E-state index in [4.69, 9.17) is 0 Å². The van der Waals surface area contributed by atoms with Crippen molar-refractivity contribution in [3.8, 4) is 17.2 Å². The van der Waals surface area contributed by atoms with E-state index in [1.165, 1.54) is 0 Å². The largest absolute Gasteiger partial charge is 0.380 e. The van der Waals surface area contributed by atoms with Crippen LogP contribution >= 0.6 is 0 Å². The summed E-state index contributed by atoms with van der Waals surface area (Å²) in [6, 6.07) is 15.3. The van der Waals surface area contributed by atoms with Crippen LogP contribution in [0.15, 0.2) is 42.5 Å². The molecule has 2 aliphatic rings. The van der Waals surface area contributed by atoms with E-state index in [1.54, 1.807) is 21.9 Å². The van der Waals surface area contributed by atoms with Gasteiger partial charge in [0.05, 0.1) is 11.6 Å². The van der Waals surface area contributed by atoms with Gasteiger partial charge in [-0.1, -0.05) is 24.3 Å². The van der Waals surface area contributed by atoms with Gasteiger partial charge < -0.3 is 14.9 Å². The molecule has 1 N–H and O–H groups in total. The van der Waals surface area contributed by atoms with Gasteiger partial charge in [-0.2, -0.15) is 5.26 Å². The van der Waals surface area contributed by atoms with Crippen LogP contribution in [0.2, 0.25) is 0 Å². The zero-order valence-corrected chi connectivity index (χ0v) is 16.4. The number of benzene rings is 2. The molecular formula is C23H23N3O3. The highest BCUT2D eigenvalue weighted by atomic mass is 16.3. The highest BCUT2D eigenvalue weighted by Gasteiger charge is 2.50. The number of carbonyl (C=O) groups is 2. The molecule has 148 valence electrons. The van der Waals surface area contributed by atoms with Crippen LogP contribution in [0.5, 0.6) is 0 Å². The van der Waals surface area contributed by atoms with Crippen LogP contribution in [0.4, 0.5) is 0 Å². The molecule has 2 amide bonds. The first kappa shape index (κ1) is 19.2. The van der Waals surface area contributed by atoms with Crippen molar-refractivity contribution < 1.29 is 14.7 Å². The lowest BCUT2D eigenvalue weighted by Crippen LogP contribution is -2.53. The number of aliphatic hydroxyl groups is 1. The number of piperazine rings is 1. The molecule has 2 aromatic rings. The molecule has 2 aromatic carbocycles. The van der Waals surface area contributed by atoms with Gasteiger partial charge >= 0.3 is 0 Å². The number of aryl methyl sites for hydroxylation is 1. The van der Waals surface area contributed by atoms with Crippen LogP contribution in [0.3, 0.4) is 0 Å². The van der Waals surface area contributed by atoms with Crippen molar-refractivity contribution in [2.45, 2.75) is 25.4 Å². The van der Waals surface area contributed by atoms with E-state index in [9.17, 15) is 20.0 Å². The van der Waals surface area contributed by atoms with Gasteiger partial charge in [0.15, 0.2) is 0 Å². The molecule has 0 spiro atoms. The number of amides is 2. The molecule has 0 radical (unpaired) electrons. The van der Waals surface area contributed by atoms with E-state index in [0.717, 1.165) is 16.7 Å². The lowest BCUT2D eigenvalue weighted by Gasteiger charge is -2.35. The summed E-state index contributed by atoms with van der Waals surface area (Å²) < 4.78 is 0. The van der Waals surface area contributed by atoms with Gasteiger partial charge in [0.1, 0.15) is 5.60 Å². The first-order chi connectivity index (χ1) is 13.9. The van der Waals surface area contributed by atoms with Crippen molar-refractivity contribution in [1.29, 1.82) is 5.26 Å². The second-order valence-electron chi connectivity index (χ2n) is 7.85. The fraction of sp³-hybridized carbons (Fsp3) is 0.348. The van der Waals surface area contributed by atoms with Crippen LogP contribution in [0.25, 0.3) is 11.1 Å². The molecule has 6 heteroatoms. The monoisotopic (exact) mass is 389 g/mol. The molecule has 6 nitrogen and oxygen atoms in total. The minimum atomic E-state index is -1.15. The summed E-state index contributed by atoms with van der Waals surface area (Å²) in [4.78, 5) is 28.4. The Hall–Kier alpha value is -3.17. The van der Waals surface area contributed by atoms with E-state index in [0.29, 0.717) is 50.1 Å². The van der Waals surface area contributed by atoms with E-state index in [1.807, 2.05) is 37.3 Å². The Balaban J connectivity index is 1.43. The average molecular weight is 389 g/mol. The molecule has 1 heterocycles. The Morgan fingerprint density at radius 2 is 1.62 bits per heavy atom. The number of nitrogens with zero attached hydrogens (tertiary/aromatic N) is 3. The van der Waals surface area contributed by atoms with Gasteiger partial charge in [0.25, 0.3) is 11.8 Å². The third-order valence-corrected chi connectivity index (χ3v) is 5.71. The van der Waals surface area contributed by atoms with E-state index >= 15 is 0 Å². The maximum absolute atomic E-state index is 12.8. The zero-order chi connectivity index (χ0) is 20.6. The lowest BCUT2D eigenvalue weighted by atomic mass is 9.97. The van der Waals surface area contributed by atoms with E-state index < -0.39 is 5.60 Å². The quantitative estimate of drug-likeness (QED) is 0.873. The molecule has 29 heavy (non-hydrogen) atoms. The van der Waals surface area contributed by atoms with E-state index in [-0.39, 0.29) is 11.8 Å². The Kier molecular flexibility index (Phi) is 4.85. The minimum absolute atomic E-state index is 0.0711. The number of nitriles is 1. The maximum Gasteiger partial charge on any atom is 0.254 e. The molecule has 0 bridgehead atoms. The third kappa shape index (κ3) is 3.74. The molecule has 0 atom stereocenters. The fourth-order valence-electron chi connectivity index (χ4n) is 3.72. The predicted molar refractivity (Wildman–Crippen MR) is 108 cm³/mol. The number of carbonyl (C=O) groups excluding carboxylic acids is 2. The lowest BCUT2D eigenvalue weighted by molar-refractivity contribution is -0.143. The second kappa shape index (κ2) is 7.34. The average Bonchev–Trinajstić information content (AvgIpc) is 3.51. The summed E-state index contributed by atoms with van der Waals surface area (Å²) in [6.07, 6.45) is 1.07. The Morgan fingerprint density at radius 3 is 2.21 bits per heavy atom. The molecular weight excluding hydrogens is 366 g/mol. The van der Waals surface area contributed by atoms with Crippen molar-refractivity contribution in [3.63, 3.8) is 0 Å². The molecule has 1 aliphatic heterocycles. The van der Waals surface area contributed by atoms with Gasteiger partial charge in [-0.05, 0) is 54.7 Å². The predicted octanol–water partition coefficient (Wildman–Crippen LogP) is 2.34. The number of hydrogen-bond acceptors (Lipinski definition) is 4. The molecule has 1 saturated carbocycles. The molecule has 2 fully saturated rings. The number of rotatable bonds is 3. The molecule has 1 aliphatic carbocycles. The van der Waals surface area contributed by atoms with Gasteiger partial charge in [-0.25, -0.2) is 0 Å². The Labute approximate surface area is 170 Å². The summed E-state index contributed by atoms with van der Waals surface area (Å²) >= 11 is 0. The van der Waals surface area contributed by atoms with Crippen molar-refractivity contribution in [2.24, 2.45) is 0 Å². The highest BCUT2D eigenvalue weighted by Crippen LogP contribution is 2.37. The second-order valence-corrected chi connectivity index (χ2v) is 7.85. The number of hydrogen-bond donors (Lipinski definition) is 1. The van der Waals surface area contributed by atoms with Gasteiger partial charge in [0.2, 0.25) is 0 Å². The van der Waals surface area contributed by atoms with Gasteiger partial charge in [0, 0.05) is 31.7 Å². The smallest absolute Gasteiger partial charge is 0.254 e. The summed E-state index contributed by atoms with van der Waals surface area (Å²) in [5.41, 5.74) is 2.82. The summed E-state index contributed by atoms with van der Waals surface area (Å²) in [5, 5.41) is 19.4. The van der Waals surface area contributed by atoms with Crippen LogP contribution < -0.4 is 0 Å². The molecule has 4 rings (SSSR count). The summed E-state index contributed by atoms with van der Waals surface area (Å²) in [6.45, 7) is 3.75. The summed E-state index contributed by atoms with van der Waals surface area (Å²) in [7, 11) is 0.